The van der Waals surface area contributed by atoms with Crippen molar-refractivity contribution in [1.82, 2.24) is 0 Å². The molecule has 3 N–H and O–H groups in total. The average Bonchev–Trinajstić information content (AvgIpc) is 2.36. The standard InChI is InChI=1S/C14H12BrClN2O/c1-8-6-10(3-4-11(8)15)19-13-5-2-9(14(17)18)7-12(13)16/h2-7H,1H3,(H3,17,18). The molecule has 0 spiro atoms. The molecule has 0 bridgehead atoms. The lowest BCUT2D eigenvalue weighted by Crippen LogP contribution is -2.10. The second-order valence-corrected chi connectivity index (χ2v) is 5.33. The Morgan fingerprint density at radius 3 is 2.58 bits per heavy atom. The summed E-state index contributed by atoms with van der Waals surface area (Å²) in [5.74, 6) is 1.22. The van der Waals surface area contributed by atoms with Gasteiger partial charge in [0.05, 0.1) is 5.02 Å². The normalized spacial score (nSPS) is 10.3. The molecule has 0 saturated carbocycles. The summed E-state index contributed by atoms with van der Waals surface area (Å²) < 4.78 is 6.74. The van der Waals surface area contributed by atoms with E-state index >= 15 is 0 Å². The zero-order valence-electron chi connectivity index (χ0n) is 10.2. The summed E-state index contributed by atoms with van der Waals surface area (Å²) in [7, 11) is 0. The van der Waals surface area contributed by atoms with Gasteiger partial charge in [-0.1, -0.05) is 27.5 Å². The fourth-order valence-corrected chi connectivity index (χ4v) is 2.02. The van der Waals surface area contributed by atoms with Crippen molar-refractivity contribution in [2.24, 2.45) is 5.73 Å². The van der Waals surface area contributed by atoms with Crippen molar-refractivity contribution in [3.05, 3.63) is 57.0 Å². The number of aryl methyl sites for hydroxylation is 1. The Morgan fingerprint density at radius 2 is 2.00 bits per heavy atom. The molecule has 3 nitrogen and oxygen atoms in total. The Bertz CT molecular complexity index is 643. The van der Waals surface area contributed by atoms with E-state index in [1.807, 2.05) is 25.1 Å². The molecule has 0 aliphatic heterocycles. The fraction of sp³-hybridized carbons (Fsp3) is 0.0714. The molecule has 0 amide bonds. The van der Waals surface area contributed by atoms with Gasteiger partial charge in [0.25, 0.3) is 0 Å². The lowest BCUT2D eigenvalue weighted by molar-refractivity contribution is 0.482. The Kier molecular flexibility index (Phi) is 4.12. The molecule has 98 valence electrons. The highest BCUT2D eigenvalue weighted by molar-refractivity contribution is 9.10. The molecule has 0 fully saturated rings. The molecular weight excluding hydrogens is 328 g/mol. The third-order valence-corrected chi connectivity index (χ3v) is 3.79. The number of hydrogen-bond donors (Lipinski definition) is 2. The van der Waals surface area contributed by atoms with Crippen molar-refractivity contribution in [2.45, 2.75) is 6.92 Å². The number of hydrogen-bond acceptors (Lipinski definition) is 2. The van der Waals surface area contributed by atoms with Crippen LogP contribution in [-0.4, -0.2) is 5.84 Å². The predicted molar refractivity (Wildman–Crippen MR) is 81.4 cm³/mol. The molecule has 5 heteroatoms. The zero-order valence-corrected chi connectivity index (χ0v) is 12.5. The lowest BCUT2D eigenvalue weighted by Gasteiger charge is -2.10. The third-order valence-electron chi connectivity index (χ3n) is 2.60. The minimum Gasteiger partial charge on any atom is -0.456 e. The molecular formula is C14H12BrClN2O. The molecule has 0 aliphatic rings. The molecule has 2 rings (SSSR count). The summed E-state index contributed by atoms with van der Waals surface area (Å²) in [6.07, 6.45) is 0. The van der Waals surface area contributed by atoms with Crippen LogP contribution in [0.1, 0.15) is 11.1 Å². The molecule has 19 heavy (non-hydrogen) atoms. The van der Waals surface area contributed by atoms with E-state index in [0.29, 0.717) is 22.1 Å². The SMILES string of the molecule is Cc1cc(Oc2ccc(C(=N)N)cc2Cl)ccc1Br. The minimum atomic E-state index is -0.0204. The van der Waals surface area contributed by atoms with Crippen molar-refractivity contribution in [2.75, 3.05) is 0 Å². The Hall–Kier alpha value is -1.52. The number of nitrogens with one attached hydrogen (secondary N) is 1. The maximum Gasteiger partial charge on any atom is 0.146 e. The first-order valence-corrected chi connectivity index (χ1v) is 6.72. The van der Waals surface area contributed by atoms with Gasteiger partial charge in [-0.05, 0) is 48.9 Å². The second-order valence-electron chi connectivity index (χ2n) is 4.07. The van der Waals surface area contributed by atoms with E-state index < -0.39 is 0 Å². The molecule has 0 unspecified atom stereocenters. The summed E-state index contributed by atoms with van der Waals surface area (Å²) in [5.41, 5.74) is 7.05. The molecule has 0 radical (unpaired) electrons. The molecule has 0 aromatic heterocycles. The zero-order chi connectivity index (χ0) is 14.0. The number of benzene rings is 2. The highest BCUT2D eigenvalue weighted by atomic mass is 79.9. The first-order valence-electron chi connectivity index (χ1n) is 5.55. The smallest absolute Gasteiger partial charge is 0.146 e. The number of amidine groups is 1. The lowest BCUT2D eigenvalue weighted by atomic mass is 10.2. The first-order chi connectivity index (χ1) is 8.97. The van der Waals surface area contributed by atoms with Crippen LogP contribution in [0.15, 0.2) is 40.9 Å². The minimum absolute atomic E-state index is 0.0204. The van der Waals surface area contributed by atoms with Gasteiger partial charge in [0.15, 0.2) is 0 Å². The molecule has 0 saturated heterocycles. The van der Waals surface area contributed by atoms with Crippen molar-refractivity contribution in [3.63, 3.8) is 0 Å². The Labute approximate surface area is 125 Å². The van der Waals surface area contributed by atoms with Crippen LogP contribution in [0.3, 0.4) is 0 Å². The predicted octanol–water partition coefficient (Wildman–Crippen LogP) is 4.49. The van der Waals surface area contributed by atoms with E-state index in [1.165, 1.54) is 0 Å². The van der Waals surface area contributed by atoms with Gasteiger partial charge < -0.3 is 10.5 Å². The highest BCUT2D eigenvalue weighted by Crippen LogP contribution is 2.31. The van der Waals surface area contributed by atoms with Crippen LogP contribution >= 0.6 is 27.5 Å². The number of nitrogen functional groups attached to an aromatic ring is 1. The quantitative estimate of drug-likeness (QED) is 0.639. The van der Waals surface area contributed by atoms with Crippen LogP contribution in [0.2, 0.25) is 5.02 Å². The van der Waals surface area contributed by atoms with Gasteiger partial charge in [0.2, 0.25) is 0 Å². The van der Waals surface area contributed by atoms with Crippen molar-refractivity contribution in [3.8, 4) is 11.5 Å². The first kappa shape index (κ1) is 13.9. The van der Waals surface area contributed by atoms with Crippen molar-refractivity contribution < 1.29 is 4.74 Å². The van der Waals surface area contributed by atoms with Gasteiger partial charge in [0.1, 0.15) is 17.3 Å². The fourth-order valence-electron chi connectivity index (χ4n) is 1.56. The van der Waals surface area contributed by atoms with Gasteiger partial charge in [-0.15, -0.1) is 0 Å². The van der Waals surface area contributed by atoms with E-state index in [2.05, 4.69) is 15.9 Å². The van der Waals surface area contributed by atoms with Crippen LogP contribution < -0.4 is 10.5 Å². The van der Waals surface area contributed by atoms with Gasteiger partial charge in [-0.25, -0.2) is 0 Å². The number of halogens is 2. The van der Waals surface area contributed by atoms with E-state index in [-0.39, 0.29) is 5.84 Å². The van der Waals surface area contributed by atoms with Crippen LogP contribution in [0.5, 0.6) is 11.5 Å². The second kappa shape index (κ2) is 5.63. The molecule has 0 aliphatic carbocycles. The molecule has 2 aromatic rings. The van der Waals surface area contributed by atoms with Gasteiger partial charge in [-0.2, -0.15) is 0 Å². The van der Waals surface area contributed by atoms with Crippen LogP contribution in [0.4, 0.5) is 0 Å². The third kappa shape index (κ3) is 3.28. The summed E-state index contributed by atoms with van der Waals surface area (Å²) in [5, 5.41) is 7.77. The van der Waals surface area contributed by atoms with Crippen LogP contribution in [0.25, 0.3) is 0 Å². The topological polar surface area (TPSA) is 59.1 Å². The summed E-state index contributed by atoms with van der Waals surface area (Å²) >= 11 is 9.54. The Balaban J connectivity index is 2.28. The van der Waals surface area contributed by atoms with Crippen molar-refractivity contribution in [1.29, 1.82) is 5.41 Å². The summed E-state index contributed by atoms with van der Waals surface area (Å²) in [4.78, 5) is 0. The van der Waals surface area contributed by atoms with E-state index in [9.17, 15) is 0 Å². The summed E-state index contributed by atoms with van der Waals surface area (Å²) in [6, 6.07) is 10.7. The van der Waals surface area contributed by atoms with Gasteiger partial charge in [-0.3, -0.25) is 5.41 Å². The monoisotopic (exact) mass is 338 g/mol. The average molecular weight is 340 g/mol. The maximum atomic E-state index is 7.35. The van der Waals surface area contributed by atoms with Crippen molar-refractivity contribution >= 4 is 33.4 Å². The van der Waals surface area contributed by atoms with Crippen LogP contribution in [-0.2, 0) is 0 Å². The molecule has 2 aromatic carbocycles. The van der Waals surface area contributed by atoms with E-state index in [1.54, 1.807) is 18.2 Å². The maximum absolute atomic E-state index is 7.35. The van der Waals surface area contributed by atoms with Gasteiger partial charge in [0, 0.05) is 10.0 Å². The van der Waals surface area contributed by atoms with E-state index in [4.69, 9.17) is 27.5 Å². The largest absolute Gasteiger partial charge is 0.456 e. The highest BCUT2D eigenvalue weighted by Gasteiger charge is 2.07. The number of nitrogens with two attached hydrogens (primary N) is 1. The molecule has 0 heterocycles. The van der Waals surface area contributed by atoms with E-state index in [0.717, 1.165) is 10.0 Å². The number of ether oxygens (including phenoxy) is 1. The Morgan fingerprint density at radius 1 is 1.26 bits per heavy atom. The van der Waals surface area contributed by atoms with Crippen LogP contribution in [0, 0.1) is 12.3 Å². The molecule has 0 atom stereocenters. The summed E-state index contributed by atoms with van der Waals surface area (Å²) in [6.45, 7) is 1.98. The number of rotatable bonds is 3. The van der Waals surface area contributed by atoms with Gasteiger partial charge >= 0.3 is 0 Å².